The van der Waals surface area contributed by atoms with E-state index in [4.69, 9.17) is 0 Å². The van der Waals surface area contributed by atoms with Crippen LogP contribution in [0.2, 0.25) is 0 Å². The molecule has 0 fully saturated rings. The van der Waals surface area contributed by atoms with E-state index in [2.05, 4.69) is 9.72 Å². The Bertz CT molecular complexity index is 265. The Kier molecular flexibility index (Phi) is 2.00. The summed E-state index contributed by atoms with van der Waals surface area (Å²) in [6, 6.07) is 0. The molecule has 0 aliphatic heterocycles. The van der Waals surface area contributed by atoms with E-state index < -0.39 is 12.1 Å². The van der Waals surface area contributed by atoms with Gasteiger partial charge >= 0.3 is 12.1 Å². The van der Waals surface area contributed by atoms with Gasteiger partial charge in [-0.3, -0.25) is 4.79 Å². The van der Waals surface area contributed by atoms with E-state index in [0.29, 0.717) is 0 Å². The minimum Gasteiger partial charge on any atom is -0.376 e. The zero-order chi connectivity index (χ0) is 8.27. The molecule has 0 radical (unpaired) electrons. The molecule has 0 saturated carbocycles. The highest BCUT2D eigenvalue weighted by Crippen LogP contribution is 1.89. The molecule has 58 valence electrons. The van der Waals surface area contributed by atoms with E-state index in [9.17, 15) is 9.59 Å². The SMILES string of the molecule is CC(=O)OC(=O)n1ccnc1. The Morgan fingerprint density at radius 3 is 2.73 bits per heavy atom. The molecule has 0 bridgehead atoms. The number of hydrogen-bond acceptors (Lipinski definition) is 4. The smallest absolute Gasteiger partial charge is 0.376 e. The summed E-state index contributed by atoms with van der Waals surface area (Å²) >= 11 is 0. The third-order valence-electron chi connectivity index (χ3n) is 0.946. The average Bonchev–Trinajstić information content (AvgIpc) is 2.35. The Hall–Kier alpha value is -1.65. The minimum atomic E-state index is -0.741. The van der Waals surface area contributed by atoms with Crippen molar-refractivity contribution in [1.82, 2.24) is 9.55 Å². The van der Waals surface area contributed by atoms with Crippen LogP contribution < -0.4 is 0 Å². The molecule has 0 saturated heterocycles. The van der Waals surface area contributed by atoms with E-state index in [-0.39, 0.29) is 0 Å². The molecule has 1 aromatic rings. The lowest BCUT2D eigenvalue weighted by Gasteiger charge is -1.97. The van der Waals surface area contributed by atoms with Gasteiger partial charge in [-0.2, -0.15) is 0 Å². The third kappa shape index (κ3) is 1.89. The number of carbonyl (C=O) groups excluding carboxylic acids is 2. The van der Waals surface area contributed by atoms with Gasteiger partial charge in [0.15, 0.2) is 0 Å². The van der Waals surface area contributed by atoms with Crippen molar-refractivity contribution in [1.29, 1.82) is 0 Å². The molecule has 0 aromatic carbocycles. The van der Waals surface area contributed by atoms with Crippen LogP contribution in [0, 0.1) is 0 Å². The fraction of sp³-hybridized carbons (Fsp3) is 0.167. The summed E-state index contributed by atoms with van der Waals surface area (Å²) in [4.78, 5) is 24.7. The predicted molar refractivity (Wildman–Crippen MR) is 34.8 cm³/mol. The van der Waals surface area contributed by atoms with Crippen LogP contribution in [0.3, 0.4) is 0 Å². The quantitative estimate of drug-likeness (QED) is 0.401. The van der Waals surface area contributed by atoms with Gasteiger partial charge in [0.05, 0.1) is 0 Å². The highest BCUT2D eigenvalue weighted by atomic mass is 16.6. The Labute approximate surface area is 62.6 Å². The van der Waals surface area contributed by atoms with Crippen molar-refractivity contribution >= 4 is 12.1 Å². The monoisotopic (exact) mass is 154 g/mol. The molecule has 0 aliphatic carbocycles. The van der Waals surface area contributed by atoms with Gasteiger partial charge in [0.2, 0.25) is 0 Å². The van der Waals surface area contributed by atoms with Crippen molar-refractivity contribution in [2.75, 3.05) is 0 Å². The maximum absolute atomic E-state index is 10.8. The van der Waals surface area contributed by atoms with Crippen LogP contribution in [-0.4, -0.2) is 21.6 Å². The molecule has 1 aromatic heterocycles. The van der Waals surface area contributed by atoms with E-state index in [1.54, 1.807) is 0 Å². The number of hydrogen-bond donors (Lipinski definition) is 0. The van der Waals surface area contributed by atoms with Crippen LogP contribution in [0.1, 0.15) is 6.92 Å². The van der Waals surface area contributed by atoms with Crippen molar-refractivity contribution in [2.24, 2.45) is 0 Å². The highest BCUT2D eigenvalue weighted by Gasteiger charge is 2.06. The maximum atomic E-state index is 10.8. The second kappa shape index (κ2) is 2.96. The van der Waals surface area contributed by atoms with Crippen LogP contribution in [0.25, 0.3) is 0 Å². The molecule has 0 N–H and O–H groups in total. The van der Waals surface area contributed by atoms with Gasteiger partial charge in [-0.25, -0.2) is 14.3 Å². The summed E-state index contributed by atoms with van der Waals surface area (Å²) in [7, 11) is 0. The fourth-order valence-electron chi connectivity index (χ4n) is 0.543. The van der Waals surface area contributed by atoms with Gasteiger partial charge < -0.3 is 4.74 Å². The second-order valence-corrected chi connectivity index (χ2v) is 1.83. The number of nitrogens with zero attached hydrogens (tertiary/aromatic N) is 2. The number of carbonyl (C=O) groups is 2. The third-order valence-corrected chi connectivity index (χ3v) is 0.946. The first-order valence-electron chi connectivity index (χ1n) is 2.91. The molecule has 1 rings (SSSR count). The van der Waals surface area contributed by atoms with Gasteiger partial charge in [-0.15, -0.1) is 0 Å². The number of imidazole rings is 1. The zero-order valence-electron chi connectivity index (χ0n) is 5.85. The van der Waals surface area contributed by atoms with Crippen molar-refractivity contribution < 1.29 is 14.3 Å². The lowest BCUT2D eigenvalue weighted by Crippen LogP contribution is -2.14. The Morgan fingerprint density at radius 2 is 2.27 bits per heavy atom. The largest absolute Gasteiger partial charge is 0.426 e. The molecule has 0 aliphatic rings. The summed E-state index contributed by atoms with van der Waals surface area (Å²) in [5, 5.41) is 0. The Morgan fingerprint density at radius 1 is 1.55 bits per heavy atom. The van der Waals surface area contributed by atoms with Gasteiger partial charge in [0, 0.05) is 19.3 Å². The van der Waals surface area contributed by atoms with Crippen LogP contribution in [0.5, 0.6) is 0 Å². The summed E-state index contributed by atoms with van der Waals surface area (Å²) in [5.41, 5.74) is 0. The molecule has 0 unspecified atom stereocenters. The normalized spacial score (nSPS) is 9.18. The fourth-order valence-corrected chi connectivity index (χ4v) is 0.543. The molecular formula is C6H6N2O3. The van der Waals surface area contributed by atoms with Crippen LogP contribution in [0.4, 0.5) is 4.79 Å². The van der Waals surface area contributed by atoms with Crippen LogP contribution in [0.15, 0.2) is 18.7 Å². The van der Waals surface area contributed by atoms with Gasteiger partial charge in [0.1, 0.15) is 6.33 Å². The lowest BCUT2D eigenvalue weighted by molar-refractivity contribution is -0.134. The molecular weight excluding hydrogens is 148 g/mol. The molecule has 0 spiro atoms. The maximum Gasteiger partial charge on any atom is 0.426 e. The number of ether oxygens (including phenoxy) is 1. The first kappa shape index (κ1) is 7.46. The summed E-state index contributed by atoms with van der Waals surface area (Å²) < 4.78 is 5.31. The van der Waals surface area contributed by atoms with Crippen molar-refractivity contribution in [3.05, 3.63) is 18.7 Å². The van der Waals surface area contributed by atoms with Gasteiger partial charge in [0.25, 0.3) is 0 Å². The van der Waals surface area contributed by atoms with Crippen LogP contribution >= 0.6 is 0 Å². The molecule has 0 atom stereocenters. The predicted octanol–water partition coefficient (Wildman–Crippen LogP) is 0.414. The van der Waals surface area contributed by atoms with Gasteiger partial charge in [-0.05, 0) is 0 Å². The number of aromatic nitrogens is 2. The number of rotatable bonds is 0. The average molecular weight is 154 g/mol. The summed E-state index contributed by atoms with van der Waals surface area (Å²) in [6.07, 6.45) is 3.33. The van der Waals surface area contributed by atoms with E-state index in [0.717, 1.165) is 11.5 Å². The topological polar surface area (TPSA) is 61.2 Å². The molecule has 1 heterocycles. The molecule has 5 heteroatoms. The van der Waals surface area contributed by atoms with Crippen molar-refractivity contribution in [3.8, 4) is 0 Å². The van der Waals surface area contributed by atoms with Crippen molar-refractivity contribution in [3.63, 3.8) is 0 Å². The molecule has 11 heavy (non-hydrogen) atoms. The highest BCUT2D eigenvalue weighted by molar-refractivity contribution is 5.84. The minimum absolute atomic E-state index is 0.635. The Balaban J connectivity index is 2.64. The van der Waals surface area contributed by atoms with E-state index in [1.807, 2.05) is 0 Å². The zero-order valence-corrected chi connectivity index (χ0v) is 5.85. The first-order valence-corrected chi connectivity index (χ1v) is 2.91. The van der Waals surface area contributed by atoms with E-state index in [1.165, 1.54) is 18.7 Å². The van der Waals surface area contributed by atoms with E-state index >= 15 is 0 Å². The second-order valence-electron chi connectivity index (χ2n) is 1.83. The standard InChI is InChI=1S/C6H6N2O3/c1-5(9)11-6(10)8-3-2-7-4-8/h2-4H,1H3. The molecule has 0 amide bonds. The first-order chi connectivity index (χ1) is 5.20. The van der Waals surface area contributed by atoms with Gasteiger partial charge in [-0.1, -0.05) is 0 Å². The summed E-state index contributed by atoms with van der Waals surface area (Å²) in [6.45, 7) is 1.16. The summed E-state index contributed by atoms with van der Waals surface area (Å²) in [5.74, 6) is -0.635. The van der Waals surface area contributed by atoms with Crippen LogP contribution in [-0.2, 0) is 9.53 Å². The number of esters is 1. The molecule has 5 nitrogen and oxygen atoms in total. The lowest BCUT2D eigenvalue weighted by atomic mass is 10.8. The van der Waals surface area contributed by atoms with Crippen molar-refractivity contribution in [2.45, 2.75) is 6.92 Å².